The standard InChI is InChI=1S/C33H33N7O4/c1-19-25(28-17-35-26-7-3-4-8-27(26)36-28)18-39(37-19)22-14-20(15-22)6-5-13-34-21-9-10-23-24(16-21)32(43)40(31(23)42)29-11-12-30(41)38(2)33(29)44/h3-4,7-10,16-18,20,22,29,34H,5-6,11-15H2,1-2H3/t20-,22-,29?. The van der Waals surface area contributed by atoms with E-state index in [1.807, 2.05) is 37.4 Å². The number of likely N-dealkylation sites (N-methyl/N-ethyl adjacent to an activating group) is 1. The third kappa shape index (κ3) is 4.82. The number of carbonyl (C=O) groups excluding carboxylic acids is 4. The number of imide groups is 2. The van der Waals surface area contributed by atoms with Crippen molar-refractivity contribution >= 4 is 40.3 Å². The van der Waals surface area contributed by atoms with E-state index in [1.54, 1.807) is 18.2 Å². The van der Waals surface area contributed by atoms with Crippen LogP contribution in [0.4, 0.5) is 5.69 Å². The molecule has 4 heterocycles. The number of nitrogens with one attached hydrogen (secondary N) is 1. The van der Waals surface area contributed by atoms with Crippen LogP contribution < -0.4 is 5.32 Å². The Kier molecular flexibility index (Phi) is 6.95. The number of hydrogen-bond acceptors (Lipinski definition) is 8. The van der Waals surface area contributed by atoms with Crippen LogP contribution in [0.25, 0.3) is 22.3 Å². The van der Waals surface area contributed by atoms with Crippen molar-refractivity contribution in [2.24, 2.45) is 5.92 Å². The summed E-state index contributed by atoms with van der Waals surface area (Å²) in [7, 11) is 1.39. The Bertz CT molecular complexity index is 1830. The molecule has 1 saturated heterocycles. The van der Waals surface area contributed by atoms with Gasteiger partial charge in [0.25, 0.3) is 17.7 Å². The van der Waals surface area contributed by atoms with E-state index in [0.717, 1.165) is 75.7 Å². The number of amides is 4. The molecule has 11 heteroatoms. The quantitative estimate of drug-likeness (QED) is 0.236. The van der Waals surface area contributed by atoms with Gasteiger partial charge in [-0.3, -0.25) is 38.6 Å². The number of aromatic nitrogens is 4. The summed E-state index contributed by atoms with van der Waals surface area (Å²) in [4.78, 5) is 62.0. The summed E-state index contributed by atoms with van der Waals surface area (Å²) >= 11 is 0. The molecule has 3 aliphatic rings. The first-order valence-electron chi connectivity index (χ1n) is 15.1. The molecule has 4 aromatic rings. The predicted octanol–water partition coefficient (Wildman–Crippen LogP) is 4.39. The highest BCUT2D eigenvalue weighted by atomic mass is 16.2. The van der Waals surface area contributed by atoms with E-state index >= 15 is 0 Å². The third-order valence-electron chi connectivity index (χ3n) is 9.20. The predicted molar refractivity (Wildman–Crippen MR) is 163 cm³/mol. The zero-order valence-electron chi connectivity index (χ0n) is 24.7. The second-order valence-electron chi connectivity index (χ2n) is 12.0. The highest BCUT2D eigenvalue weighted by Gasteiger charge is 2.46. The molecular formula is C33H33N7O4. The van der Waals surface area contributed by atoms with Gasteiger partial charge in [-0.1, -0.05) is 12.1 Å². The Morgan fingerprint density at radius 1 is 0.955 bits per heavy atom. The minimum atomic E-state index is -0.947. The molecule has 1 aliphatic carbocycles. The molecule has 2 aromatic heterocycles. The SMILES string of the molecule is Cc1nn([C@H]2C[C@H](CCCNc3ccc4c(c3)C(=O)N(C3CCC(=O)N(C)C3=O)C4=O)C2)cc1-c1cnc2ccccc2n1. The number of nitrogens with zero attached hydrogens (tertiary/aromatic N) is 6. The normalized spacial score (nSPS) is 21.6. The van der Waals surface area contributed by atoms with E-state index in [9.17, 15) is 19.2 Å². The van der Waals surface area contributed by atoms with Crippen molar-refractivity contribution in [2.75, 3.05) is 18.9 Å². The average Bonchev–Trinajstić information content (AvgIpc) is 3.50. The molecule has 1 N–H and O–H groups in total. The van der Waals surface area contributed by atoms with Crippen LogP contribution in [0.2, 0.25) is 0 Å². The number of benzene rings is 2. The van der Waals surface area contributed by atoms with Crippen LogP contribution in [0.5, 0.6) is 0 Å². The van der Waals surface area contributed by atoms with Gasteiger partial charge in [0.05, 0.1) is 45.8 Å². The van der Waals surface area contributed by atoms with Gasteiger partial charge in [-0.05, 0) is 75.3 Å². The molecule has 0 bridgehead atoms. The van der Waals surface area contributed by atoms with Gasteiger partial charge in [-0.25, -0.2) is 4.98 Å². The van der Waals surface area contributed by atoms with Crippen molar-refractivity contribution in [2.45, 2.75) is 57.5 Å². The van der Waals surface area contributed by atoms with Crippen LogP contribution in [-0.4, -0.2) is 72.8 Å². The van der Waals surface area contributed by atoms with Crippen LogP contribution in [-0.2, 0) is 9.59 Å². The van der Waals surface area contributed by atoms with Crippen molar-refractivity contribution in [1.82, 2.24) is 29.5 Å². The van der Waals surface area contributed by atoms with Gasteiger partial charge >= 0.3 is 0 Å². The number of fused-ring (bicyclic) bond motifs is 2. The Hall–Kier alpha value is -4.93. The van der Waals surface area contributed by atoms with Crippen LogP contribution in [0.3, 0.4) is 0 Å². The second-order valence-corrected chi connectivity index (χ2v) is 12.0. The summed E-state index contributed by atoms with van der Waals surface area (Å²) in [5.74, 6) is -1.16. The Balaban J connectivity index is 0.905. The highest BCUT2D eigenvalue weighted by molar-refractivity contribution is 6.23. The minimum Gasteiger partial charge on any atom is -0.385 e. The summed E-state index contributed by atoms with van der Waals surface area (Å²) in [6.45, 7) is 2.76. The van der Waals surface area contributed by atoms with Crippen molar-refractivity contribution in [3.05, 3.63) is 71.7 Å². The molecule has 0 spiro atoms. The number of aryl methyl sites for hydroxylation is 1. The van der Waals surface area contributed by atoms with Gasteiger partial charge in [0.15, 0.2) is 0 Å². The smallest absolute Gasteiger partial charge is 0.262 e. The Morgan fingerprint density at radius 3 is 2.55 bits per heavy atom. The number of hydrogen-bond donors (Lipinski definition) is 1. The minimum absolute atomic E-state index is 0.123. The van der Waals surface area contributed by atoms with Crippen LogP contribution in [0.15, 0.2) is 54.9 Å². The fraction of sp³-hybridized carbons (Fsp3) is 0.364. The molecule has 4 amide bonds. The molecule has 2 aromatic carbocycles. The Morgan fingerprint density at radius 2 is 1.73 bits per heavy atom. The maximum absolute atomic E-state index is 13.2. The van der Waals surface area contributed by atoms with Gasteiger partial charge in [0.1, 0.15) is 6.04 Å². The maximum Gasteiger partial charge on any atom is 0.262 e. The van der Waals surface area contributed by atoms with Gasteiger partial charge in [0.2, 0.25) is 5.91 Å². The Labute approximate surface area is 254 Å². The molecule has 7 rings (SSSR count). The number of rotatable bonds is 8. The molecule has 1 atom stereocenters. The van der Waals surface area contributed by atoms with E-state index in [1.165, 1.54) is 7.05 Å². The monoisotopic (exact) mass is 591 g/mol. The lowest BCUT2D eigenvalue weighted by Crippen LogP contribution is -2.54. The molecule has 2 aliphatic heterocycles. The zero-order chi connectivity index (χ0) is 30.5. The molecule has 0 radical (unpaired) electrons. The van der Waals surface area contributed by atoms with Crippen LogP contribution in [0, 0.1) is 12.8 Å². The molecule has 44 heavy (non-hydrogen) atoms. The lowest BCUT2D eigenvalue weighted by atomic mass is 9.77. The lowest BCUT2D eigenvalue weighted by molar-refractivity contribution is -0.149. The lowest BCUT2D eigenvalue weighted by Gasteiger charge is -2.35. The first-order chi connectivity index (χ1) is 21.3. The first-order valence-corrected chi connectivity index (χ1v) is 15.1. The number of anilines is 1. The number of likely N-dealkylation sites (tertiary alicyclic amines) is 1. The third-order valence-corrected chi connectivity index (χ3v) is 9.20. The van der Waals surface area contributed by atoms with E-state index < -0.39 is 23.8 Å². The van der Waals surface area contributed by atoms with Crippen LogP contribution >= 0.6 is 0 Å². The van der Waals surface area contributed by atoms with Gasteiger partial charge in [-0.15, -0.1) is 0 Å². The van der Waals surface area contributed by atoms with Crippen molar-refractivity contribution in [3.8, 4) is 11.3 Å². The van der Waals surface area contributed by atoms with Crippen molar-refractivity contribution < 1.29 is 19.2 Å². The molecule has 11 nitrogen and oxygen atoms in total. The largest absolute Gasteiger partial charge is 0.385 e. The number of piperidine rings is 1. The van der Waals surface area contributed by atoms with E-state index in [4.69, 9.17) is 10.1 Å². The van der Waals surface area contributed by atoms with E-state index in [0.29, 0.717) is 12.0 Å². The second kappa shape index (κ2) is 11.0. The highest BCUT2D eigenvalue weighted by Crippen LogP contribution is 2.41. The summed E-state index contributed by atoms with van der Waals surface area (Å²) in [5.41, 5.74) is 5.90. The molecule has 1 unspecified atom stereocenters. The fourth-order valence-electron chi connectivity index (χ4n) is 6.57. The van der Waals surface area contributed by atoms with Crippen molar-refractivity contribution in [1.29, 1.82) is 0 Å². The summed E-state index contributed by atoms with van der Waals surface area (Å²) < 4.78 is 2.08. The maximum atomic E-state index is 13.2. The van der Waals surface area contributed by atoms with Crippen molar-refractivity contribution in [3.63, 3.8) is 0 Å². The summed E-state index contributed by atoms with van der Waals surface area (Å²) in [6.07, 6.45) is 8.40. The fourth-order valence-corrected chi connectivity index (χ4v) is 6.57. The molecule has 224 valence electrons. The zero-order valence-corrected chi connectivity index (χ0v) is 24.7. The molecule has 1 saturated carbocycles. The van der Waals surface area contributed by atoms with E-state index in [-0.39, 0.29) is 29.9 Å². The topological polar surface area (TPSA) is 130 Å². The summed E-state index contributed by atoms with van der Waals surface area (Å²) in [6, 6.07) is 12.4. The molecule has 2 fully saturated rings. The summed E-state index contributed by atoms with van der Waals surface area (Å²) in [5, 5.41) is 8.17. The average molecular weight is 592 g/mol. The van der Waals surface area contributed by atoms with E-state index in [2.05, 4.69) is 21.2 Å². The number of para-hydroxylation sites is 2. The van der Waals surface area contributed by atoms with Gasteiger partial charge < -0.3 is 5.32 Å². The first kappa shape index (κ1) is 27.9. The molecular weight excluding hydrogens is 558 g/mol. The van der Waals surface area contributed by atoms with Gasteiger partial charge in [-0.2, -0.15) is 5.10 Å². The van der Waals surface area contributed by atoms with Crippen LogP contribution in [0.1, 0.15) is 71.0 Å². The van der Waals surface area contributed by atoms with Gasteiger partial charge in [0, 0.05) is 37.5 Å². The number of carbonyl (C=O) groups is 4.